The molecular weight excluding hydrogens is 440 g/mol. The maximum atomic E-state index is 12.9. The number of hydrogen-bond acceptors (Lipinski definition) is 3. The monoisotopic (exact) mass is 456 g/mol. The molecule has 0 spiro atoms. The van der Waals surface area contributed by atoms with Crippen molar-refractivity contribution in [2.24, 2.45) is 0 Å². The van der Waals surface area contributed by atoms with E-state index in [4.69, 9.17) is 34.8 Å². The number of rotatable bonds is 3. The van der Waals surface area contributed by atoms with Crippen LogP contribution in [0.15, 0.2) is 21.8 Å². The molecule has 1 aliphatic carbocycles. The predicted octanol–water partition coefficient (Wildman–Crippen LogP) is 4.37. The molecular formula is C17H18Cl3F3N4O. The number of hydrogen-bond donors (Lipinski definition) is 0. The summed E-state index contributed by atoms with van der Waals surface area (Å²) in [7, 11) is 0. The van der Waals surface area contributed by atoms with Crippen LogP contribution in [0.4, 0.5) is 13.2 Å². The van der Waals surface area contributed by atoms with Crippen LogP contribution in [-0.4, -0.2) is 51.7 Å². The Morgan fingerprint density at radius 2 is 1.79 bits per heavy atom. The van der Waals surface area contributed by atoms with Crippen molar-refractivity contribution in [3.8, 4) is 0 Å². The third kappa shape index (κ3) is 4.44. The first-order valence-electron chi connectivity index (χ1n) is 8.65. The average Bonchev–Trinajstić information content (AvgIpc) is 2.90. The summed E-state index contributed by atoms with van der Waals surface area (Å²) in [5.74, 6) is -0.303. The molecule has 1 fully saturated rings. The van der Waals surface area contributed by atoms with Gasteiger partial charge in [-0.25, -0.2) is 0 Å². The minimum absolute atomic E-state index is 0.115. The second-order valence-electron chi connectivity index (χ2n) is 6.66. The van der Waals surface area contributed by atoms with Crippen molar-refractivity contribution < 1.29 is 18.0 Å². The SMILES string of the molecule is Cc1c(Cl)c(C(F)(F)F)nn1CC(=O)N1CCN(C2=C(Cl)C=C(Cl)CC2)CC1. The molecule has 0 N–H and O–H groups in total. The highest BCUT2D eigenvalue weighted by Gasteiger charge is 2.38. The maximum Gasteiger partial charge on any atom is 0.436 e. The summed E-state index contributed by atoms with van der Waals surface area (Å²) in [6, 6.07) is 0. The molecule has 0 saturated carbocycles. The van der Waals surface area contributed by atoms with Gasteiger partial charge in [0, 0.05) is 36.9 Å². The molecule has 0 unspecified atom stereocenters. The molecule has 0 bridgehead atoms. The highest BCUT2D eigenvalue weighted by Crippen LogP contribution is 2.35. The molecule has 1 saturated heterocycles. The van der Waals surface area contributed by atoms with Crippen LogP contribution < -0.4 is 0 Å². The van der Waals surface area contributed by atoms with Crippen LogP contribution in [0.2, 0.25) is 5.02 Å². The third-order valence-corrected chi connectivity index (χ3v) is 5.94. The Morgan fingerprint density at radius 1 is 1.14 bits per heavy atom. The summed E-state index contributed by atoms with van der Waals surface area (Å²) in [5, 5.41) is 4.33. The lowest BCUT2D eigenvalue weighted by Crippen LogP contribution is -2.49. The number of piperazine rings is 1. The fourth-order valence-electron chi connectivity index (χ4n) is 3.27. The highest BCUT2D eigenvalue weighted by molar-refractivity contribution is 6.35. The van der Waals surface area contributed by atoms with E-state index >= 15 is 0 Å². The fourth-order valence-corrected chi connectivity index (χ4v) is 4.12. The van der Waals surface area contributed by atoms with E-state index < -0.39 is 16.9 Å². The van der Waals surface area contributed by atoms with E-state index in [0.29, 0.717) is 36.2 Å². The Morgan fingerprint density at radius 3 is 2.32 bits per heavy atom. The molecule has 1 aliphatic heterocycles. The first-order valence-corrected chi connectivity index (χ1v) is 9.79. The zero-order valence-electron chi connectivity index (χ0n) is 15.0. The van der Waals surface area contributed by atoms with Gasteiger partial charge in [-0.05, 0) is 25.8 Å². The molecule has 28 heavy (non-hydrogen) atoms. The minimum atomic E-state index is -4.66. The van der Waals surface area contributed by atoms with Crippen molar-refractivity contribution in [3.05, 3.63) is 38.2 Å². The molecule has 3 rings (SSSR count). The predicted molar refractivity (Wildman–Crippen MR) is 101 cm³/mol. The second kappa shape index (κ2) is 8.16. The third-order valence-electron chi connectivity index (χ3n) is 4.86. The molecule has 1 amide bonds. The summed E-state index contributed by atoms with van der Waals surface area (Å²) in [6.07, 6.45) is -1.45. The summed E-state index contributed by atoms with van der Waals surface area (Å²) in [6.45, 7) is 3.20. The number of nitrogens with zero attached hydrogens (tertiary/aromatic N) is 4. The van der Waals surface area contributed by atoms with Crippen LogP contribution in [0.5, 0.6) is 0 Å². The number of amides is 1. The van der Waals surface area contributed by atoms with E-state index in [2.05, 4.69) is 10.00 Å². The first-order chi connectivity index (χ1) is 13.1. The number of allylic oxidation sites excluding steroid dienone is 4. The van der Waals surface area contributed by atoms with E-state index in [1.807, 2.05) is 0 Å². The Labute approximate surface area is 175 Å². The summed E-state index contributed by atoms with van der Waals surface area (Å²) < 4.78 is 39.8. The minimum Gasteiger partial charge on any atom is -0.370 e. The van der Waals surface area contributed by atoms with E-state index in [-0.39, 0.29) is 18.1 Å². The van der Waals surface area contributed by atoms with Gasteiger partial charge in [0.05, 0.1) is 15.7 Å². The van der Waals surface area contributed by atoms with E-state index in [9.17, 15) is 18.0 Å². The molecule has 0 atom stereocenters. The summed E-state index contributed by atoms with van der Waals surface area (Å²) >= 11 is 18.0. The standard InChI is InChI=1S/C17H18Cl3F3N4O/c1-10-15(20)16(17(21,22)23)24-27(10)9-14(28)26-6-4-25(5-7-26)13-3-2-11(18)8-12(13)19/h8H,2-7,9H2,1H3. The molecule has 5 nitrogen and oxygen atoms in total. The van der Waals surface area contributed by atoms with Crippen LogP contribution in [0, 0.1) is 6.92 Å². The lowest BCUT2D eigenvalue weighted by Gasteiger charge is -2.38. The topological polar surface area (TPSA) is 41.4 Å². The van der Waals surface area contributed by atoms with Gasteiger partial charge < -0.3 is 9.80 Å². The molecule has 2 aliphatic rings. The maximum absolute atomic E-state index is 12.9. The van der Waals surface area contributed by atoms with Gasteiger partial charge in [-0.1, -0.05) is 34.8 Å². The largest absolute Gasteiger partial charge is 0.436 e. The van der Waals surface area contributed by atoms with Crippen LogP contribution in [-0.2, 0) is 17.5 Å². The number of aromatic nitrogens is 2. The molecule has 1 aromatic rings. The summed E-state index contributed by atoms with van der Waals surface area (Å²) in [4.78, 5) is 16.3. The van der Waals surface area contributed by atoms with Crippen molar-refractivity contribution in [2.75, 3.05) is 26.2 Å². The van der Waals surface area contributed by atoms with Gasteiger partial charge in [-0.3, -0.25) is 9.48 Å². The molecule has 0 aromatic carbocycles. The normalized spacial score (nSPS) is 18.6. The second-order valence-corrected chi connectivity index (χ2v) is 7.93. The van der Waals surface area contributed by atoms with Crippen LogP contribution in [0.1, 0.15) is 24.2 Å². The molecule has 154 valence electrons. The van der Waals surface area contributed by atoms with Gasteiger partial charge in [-0.15, -0.1) is 0 Å². The Kier molecular flexibility index (Phi) is 6.22. The van der Waals surface area contributed by atoms with Gasteiger partial charge in [0.25, 0.3) is 0 Å². The zero-order chi connectivity index (χ0) is 20.6. The van der Waals surface area contributed by atoms with E-state index in [0.717, 1.165) is 23.2 Å². The Bertz CT molecular complexity index is 839. The lowest BCUT2D eigenvalue weighted by atomic mass is 10.1. The van der Waals surface area contributed by atoms with Gasteiger partial charge in [0.2, 0.25) is 5.91 Å². The van der Waals surface area contributed by atoms with Gasteiger partial charge in [-0.2, -0.15) is 18.3 Å². The zero-order valence-corrected chi connectivity index (χ0v) is 17.3. The highest BCUT2D eigenvalue weighted by atomic mass is 35.5. The number of carbonyl (C=O) groups is 1. The quantitative estimate of drug-likeness (QED) is 0.677. The fraction of sp³-hybridized carbons (Fsp3) is 0.529. The van der Waals surface area contributed by atoms with Gasteiger partial charge in [0.15, 0.2) is 5.69 Å². The van der Waals surface area contributed by atoms with E-state index in [1.54, 1.807) is 11.0 Å². The van der Waals surface area contributed by atoms with Crippen LogP contribution in [0.25, 0.3) is 0 Å². The van der Waals surface area contributed by atoms with Gasteiger partial charge >= 0.3 is 6.18 Å². The number of alkyl halides is 3. The number of halogens is 6. The number of carbonyl (C=O) groups excluding carboxylic acids is 1. The molecule has 0 radical (unpaired) electrons. The Hall–Kier alpha value is -1.38. The average molecular weight is 458 g/mol. The van der Waals surface area contributed by atoms with Crippen molar-refractivity contribution in [3.63, 3.8) is 0 Å². The Balaban J connectivity index is 1.63. The van der Waals surface area contributed by atoms with Gasteiger partial charge in [0.1, 0.15) is 6.54 Å². The van der Waals surface area contributed by atoms with Crippen molar-refractivity contribution >= 4 is 40.7 Å². The molecule has 11 heteroatoms. The smallest absolute Gasteiger partial charge is 0.370 e. The van der Waals surface area contributed by atoms with Crippen molar-refractivity contribution in [2.45, 2.75) is 32.5 Å². The first kappa shape index (κ1) is 21.3. The van der Waals surface area contributed by atoms with Crippen LogP contribution in [0.3, 0.4) is 0 Å². The summed E-state index contributed by atoms with van der Waals surface area (Å²) in [5.41, 5.74) is -0.0543. The lowest BCUT2D eigenvalue weighted by molar-refractivity contribution is -0.142. The molecule has 1 aromatic heterocycles. The van der Waals surface area contributed by atoms with Crippen molar-refractivity contribution in [1.29, 1.82) is 0 Å². The van der Waals surface area contributed by atoms with Crippen LogP contribution >= 0.6 is 34.8 Å². The van der Waals surface area contributed by atoms with Crippen molar-refractivity contribution in [1.82, 2.24) is 19.6 Å². The van der Waals surface area contributed by atoms with E-state index in [1.165, 1.54) is 6.92 Å². The molecule has 2 heterocycles.